The van der Waals surface area contributed by atoms with E-state index < -0.39 is 11.7 Å². The number of aliphatic hydroxyl groups excluding tert-OH is 1. The molecule has 1 nitrogen and oxygen atoms in total. The zero-order valence-corrected chi connectivity index (χ0v) is 10.9. The van der Waals surface area contributed by atoms with Crippen LogP contribution in [0.5, 0.6) is 0 Å². The van der Waals surface area contributed by atoms with E-state index in [4.69, 9.17) is 11.6 Å². The maximum atomic E-state index is 13.7. The number of aliphatic hydroxyl groups is 1. The van der Waals surface area contributed by atoms with Crippen LogP contribution in [-0.4, -0.2) is 11.7 Å². The summed E-state index contributed by atoms with van der Waals surface area (Å²) in [6, 6.07) is 10.4. The molecule has 0 radical (unpaired) electrons. The standard InChI is InChI=1S/C15H13ClF2O/c16-14-8-12(17)6-5-10(14)7-11(9-19)13-3-1-2-4-15(13)18/h1-6,8,11,19H,7,9H2. The fourth-order valence-corrected chi connectivity index (χ4v) is 2.28. The number of hydrogen-bond donors (Lipinski definition) is 1. The molecule has 1 unspecified atom stereocenters. The lowest BCUT2D eigenvalue weighted by atomic mass is 9.92. The van der Waals surface area contributed by atoms with Crippen LogP contribution in [0.15, 0.2) is 42.5 Å². The highest BCUT2D eigenvalue weighted by Crippen LogP contribution is 2.27. The van der Waals surface area contributed by atoms with Gasteiger partial charge in [-0.1, -0.05) is 35.9 Å². The van der Waals surface area contributed by atoms with Gasteiger partial charge in [0.15, 0.2) is 0 Å². The first-order chi connectivity index (χ1) is 9.11. The first-order valence-electron chi connectivity index (χ1n) is 5.91. The highest BCUT2D eigenvalue weighted by atomic mass is 35.5. The van der Waals surface area contributed by atoms with Crippen LogP contribution in [0.3, 0.4) is 0 Å². The Hall–Kier alpha value is -1.45. The van der Waals surface area contributed by atoms with E-state index in [1.807, 2.05) is 0 Å². The maximum absolute atomic E-state index is 13.7. The molecule has 0 aliphatic rings. The van der Waals surface area contributed by atoms with Gasteiger partial charge in [-0.3, -0.25) is 0 Å². The first kappa shape index (κ1) is 14.0. The second kappa shape index (κ2) is 6.13. The van der Waals surface area contributed by atoms with Crippen LogP contribution in [0, 0.1) is 11.6 Å². The lowest BCUT2D eigenvalue weighted by molar-refractivity contribution is 0.261. The number of halogens is 3. The summed E-state index contributed by atoms with van der Waals surface area (Å²) in [5.41, 5.74) is 1.12. The molecule has 2 aromatic carbocycles. The molecule has 0 saturated carbocycles. The largest absolute Gasteiger partial charge is 0.396 e. The van der Waals surface area contributed by atoms with E-state index in [1.54, 1.807) is 24.3 Å². The Morgan fingerprint density at radius 2 is 1.84 bits per heavy atom. The molecule has 1 N–H and O–H groups in total. The van der Waals surface area contributed by atoms with Crippen LogP contribution >= 0.6 is 11.6 Å². The molecule has 0 aromatic heterocycles. The van der Waals surface area contributed by atoms with E-state index in [9.17, 15) is 13.9 Å². The van der Waals surface area contributed by atoms with Gasteiger partial charge < -0.3 is 5.11 Å². The van der Waals surface area contributed by atoms with Crippen LogP contribution in [0.4, 0.5) is 8.78 Å². The zero-order chi connectivity index (χ0) is 13.8. The molecule has 0 aliphatic heterocycles. The van der Waals surface area contributed by atoms with E-state index in [0.717, 1.165) is 0 Å². The summed E-state index contributed by atoms with van der Waals surface area (Å²) in [4.78, 5) is 0. The topological polar surface area (TPSA) is 20.2 Å². The lowest BCUT2D eigenvalue weighted by Crippen LogP contribution is -2.10. The minimum absolute atomic E-state index is 0.200. The summed E-state index contributed by atoms with van der Waals surface area (Å²) >= 11 is 5.94. The average molecular weight is 283 g/mol. The summed E-state index contributed by atoms with van der Waals surface area (Å²) in [6.45, 7) is -0.200. The first-order valence-corrected chi connectivity index (χ1v) is 6.29. The summed E-state index contributed by atoms with van der Waals surface area (Å²) < 4.78 is 26.7. The van der Waals surface area contributed by atoms with Crippen LogP contribution in [0.25, 0.3) is 0 Å². The van der Waals surface area contributed by atoms with Gasteiger partial charge in [-0.25, -0.2) is 8.78 Å². The average Bonchev–Trinajstić information content (AvgIpc) is 2.39. The minimum Gasteiger partial charge on any atom is -0.396 e. The summed E-state index contributed by atoms with van der Waals surface area (Å²) in [7, 11) is 0. The predicted octanol–water partition coefficient (Wildman–Crippen LogP) is 3.94. The van der Waals surface area contributed by atoms with E-state index in [1.165, 1.54) is 18.2 Å². The van der Waals surface area contributed by atoms with Crippen molar-refractivity contribution < 1.29 is 13.9 Å². The molecular formula is C15H13ClF2O. The molecule has 0 aliphatic carbocycles. The van der Waals surface area contributed by atoms with Gasteiger partial charge in [0.05, 0.1) is 6.61 Å². The second-order valence-corrected chi connectivity index (χ2v) is 4.75. The van der Waals surface area contributed by atoms with E-state index in [0.29, 0.717) is 17.5 Å². The van der Waals surface area contributed by atoms with Crippen molar-refractivity contribution in [2.45, 2.75) is 12.3 Å². The van der Waals surface area contributed by atoms with Gasteiger partial charge in [-0.05, 0) is 35.7 Å². The highest BCUT2D eigenvalue weighted by Gasteiger charge is 2.16. The quantitative estimate of drug-likeness (QED) is 0.901. The van der Waals surface area contributed by atoms with Crippen LogP contribution in [0.2, 0.25) is 5.02 Å². The van der Waals surface area contributed by atoms with Gasteiger partial charge in [0, 0.05) is 10.9 Å². The van der Waals surface area contributed by atoms with Crippen molar-refractivity contribution in [3.05, 3.63) is 70.2 Å². The van der Waals surface area contributed by atoms with Gasteiger partial charge in [-0.15, -0.1) is 0 Å². The Morgan fingerprint density at radius 3 is 2.47 bits per heavy atom. The van der Waals surface area contributed by atoms with Crippen molar-refractivity contribution in [3.8, 4) is 0 Å². The molecular weight excluding hydrogens is 270 g/mol. The monoisotopic (exact) mass is 282 g/mol. The normalized spacial score (nSPS) is 12.4. The van der Waals surface area contributed by atoms with Crippen molar-refractivity contribution in [3.63, 3.8) is 0 Å². The van der Waals surface area contributed by atoms with Crippen LogP contribution in [-0.2, 0) is 6.42 Å². The van der Waals surface area contributed by atoms with E-state index >= 15 is 0 Å². The third-order valence-corrected chi connectivity index (χ3v) is 3.40. The molecule has 1 atom stereocenters. The molecule has 0 saturated heterocycles. The van der Waals surface area contributed by atoms with Crippen molar-refractivity contribution in [1.82, 2.24) is 0 Å². The minimum atomic E-state index is -0.416. The van der Waals surface area contributed by atoms with Gasteiger partial charge in [-0.2, -0.15) is 0 Å². The Kier molecular flexibility index (Phi) is 4.51. The fraction of sp³-hybridized carbons (Fsp3) is 0.200. The smallest absolute Gasteiger partial charge is 0.126 e. The Balaban J connectivity index is 2.27. The molecule has 0 fully saturated rings. The Morgan fingerprint density at radius 1 is 1.11 bits per heavy atom. The van der Waals surface area contributed by atoms with Crippen molar-refractivity contribution >= 4 is 11.6 Å². The van der Waals surface area contributed by atoms with Crippen LogP contribution < -0.4 is 0 Å². The van der Waals surface area contributed by atoms with Crippen molar-refractivity contribution in [2.75, 3.05) is 6.61 Å². The van der Waals surface area contributed by atoms with Gasteiger partial charge in [0.2, 0.25) is 0 Å². The van der Waals surface area contributed by atoms with Gasteiger partial charge >= 0.3 is 0 Å². The van der Waals surface area contributed by atoms with Gasteiger partial charge in [0.25, 0.3) is 0 Å². The Labute approximate surface area is 115 Å². The van der Waals surface area contributed by atoms with Gasteiger partial charge in [0.1, 0.15) is 11.6 Å². The number of rotatable bonds is 4. The number of hydrogen-bond acceptors (Lipinski definition) is 1. The predicted molar refractivity (Wildman–Crippen MR) is 71.3 cm³/mol. The van der Waals surface area contributed by atoms with Crippen LogP contribution in [0.1, 0.15) is 17.0 Å². The summed E-state index contributed by atoms with van der Waals surface area (Å²) in [5.74, 6) is -1.18. The lowest BCUT2D eigenvalue weighted by Gasteiger charge is -2.16. The van der Waals surface area contributed by atoms with E-state index in [2.05, 4.69) is 0 Å². The summed E-state index contributed by atoms with van der Waals surface area (Å²) in [5, 5.41) is 9.71. The summed E-state index contributed by atoms with van der Waals surface area (Å²) in [6.07, 6.45) is 0.358. The molecule has 0 bridgehead atoms. The van der Waals surface area contributed by atoms with Crippen molar-refractivity contribution in [1.29, 1.82) is 0 Å². The molecule has 0 heterocycles. The molecule has 4 heteroatoms. The molecule has 2 aromatic rings. The van der Waals surface area contributed by atoms with Crippen molar-refractivity contribution in [2.24, 2.45) is 0 Å². The highest BCUT2D eigenvalue weighted by molar-refractivity contribution is 6.31. The Bertz CT molecular complexity index is 572. The molecule has 0 amide bonds. The third-order valence-electron chi connectivity index (χ3n) is 3.05. The fourth-order valence-electron chi connectivity index (χ4n) is 2.03. The molecule has 19 heavy (non-hydrogen) atoms. The molecule has 2 rings (SSSR count). The SMILES string of the molecule is OCC(Cc1ccc(F)cc1Cl)c1ccccc1F. The zero-order valence-electron chi connectivity index (χ0n) is 10.1. The second-order valence-electron chi connectivity index (χ2n) is 4.34. The maximum Gasteiger partial charge on any atom is 0.126 e. The molecule has 100 valence electrons. The van der Waals surface area contributed by atoms with E-state index in [-0.39, 0.29) is 17.4 Å². The molecule has 0 spiro atoms. The number of benzene rings is 2. The third kappa shape index (κ3) is 3.31.